The number of hydrogen-bond donors (Lipinski definition) is 1. The van der Waals surface area contributed by atoms with E-state index in [1.165, 1.54) is 0 Å². The van der Waals surface area contributed by atoms with Crippen LogP contribution in [0.4, 0.5) is 0 Å². The van der Waals surface area contributed by atoms with Crippen LogP contribution in [-0.4, -0.2) is 53.2 Å². The van der Waals surface area contributed by atoms with Crippen LogP contribution in [0, 0.1) is 5.92 Å². The van der Waals surface area contributed by atoms with Crippen LogP contribution in [0.3, 0.4) is 0 Å². The molecule has 0 atom stereocenters. The van der Waals surface area contributed by atoms with Gasteiger partial charge in [-0.2, -0.15) is 0 Å². The molecule has 0 fully saturated rings. The maximum atomic E-state index is 10.7. The summed E-state index contributed by atoms with van der Waals surface area (Å²) in [7, 11) is 0. The summed E-state index contributed by atoms with van der Waals surface area (Å²) in [5.74, 6) is -1.52. The molecule has 0 amide bonds. The van der Waals surface area contributed by atoms with Crippen molar-refractivity contribution >= 4 is 41.5 Å². The Morgan fingerprint density at radius 2 is 1.92 bits per heavy atom. The monoisotopic (exact) mass is 195 g/mol. The molecular weight excluding hydrogens is 183 g/mol. The zero-order chi connectivity index (χ0) is 9.56. The summed E-state index contributed by atoms with van der Waals surface area (Å²) in [5.41, 5.74) is 0. The molecule has 0 rings (SSSR count). The van der Waals surface area contributed by atoms with Gasteiger partial charge >= 0.3 is 11.9 Å². The summed E-state index contributed by atoms with van der Waals surface area (Å²) in [6, 6.07) is 0. The van der Waals surface area contributed by atoms with Gasteiger partial charge in [-0.25, -0.2) is 9.59 Å². The number of hydrogen-bond acceptors (Lipinski definition) is 3. The largest absolute Gasteiger partial charge is 0.478 e. The number of aliphatic carboxylic acids is 1. The van der Waals surface area contributed by atoms with E-state index in [0.717, 1.165) is 12.2 Å². The maximum absolute atomic E-state index is 10.7. The van der Waals surface area contributed by atoms with E-state index in [1.54, 1.807) is 0 Å². The second kappa shape index (κ2) is 8.29. The van der Waals surface area contributed by atoms with Crippen molar-refractivity contribution in [2.75, 3.05) is 6.61 Å². The van der Waals surface area contributed by atoms with Gasteiger partial charge in [0.1, 0.15) is 0 Å². The molecule has 0 aromatic heterocycles. The molecule has 0 bridgehead atoms. The summed E-state index contributed by atoms with van der Waals surface area (Å²) in [4.78, 5) is 20.6. The number of carboxylic acid groups (broad SMARTS) is 1. The smallest absolute Gasteiger partial charge is 0.331 e. The van der Waals surface area contributed by atoms with Crippen molar-refractivity contribution in [2.24, 2.45) is 5.92 Å². The normalized spacial score (nSPS) is 9.77. The Morgan fingerprint density at radius 3 is 2.31 bits per heavy atom. The molecule has 0 aliphatic carbocycles. The van der Waals surface area contributed by atoms with Crippen LogP contribution in [0.15, 0.2) is 12.2 Å². The predicted octanol–water partition coefficient (Wildman–Crippen LogP) is 0.446. The van der Waals surface area contributed by atoms with Crippen LogP contribution in [-0.2, 0) is 14.3 Å². The van der Waals surface area contributed by atoms with Gasteiger partial charge < -0.3 is 9.84 Å². The minimum absolute atomic E-state index is 0. The Bertz CT molecular complexity index is 198. The van der Waals surface area contributed by atoms with E-state index in [-0.39, 0.29) is 35.5 Å². The molecule has 13 heavy (non-hydrogen) atoms. The fourth-order valence-electron chi connectivity index (χ4n) is 0.436. The molecule has 0 spiro atoms. The third-order valence-electron chi connectivity index (χ3n) is 0.921. The summed E-state index contributed by atoms with van der Waals surface area (Å²) >= 11 is 0. The fraction of sp³-hybridized carbons (Fsp3) is 0.500. The standard InChI is InChI=1S/C8H12O4.Na/c1-6(2)5-12-8(11)4-3-7(9)10;/h3-4,6H,5H2,1-2H3,(H,9,10);. The summed E-state index contributed by atoms with van der Waals surface area (Å²) in [6.45, 7) is 4.10. The second-order valence-electron chi connectivity index (χ2n) is 2.70. The molecule has 0 aromatic carbocycles. The quantitative estimate of drug-likeness (QED) is 0.401. The van der Waals surface area contributed by atoms with Crippen molar-refractivity contribution in [2.45, 2.75) is 13.8 Å². The SMILES string of the molecule is CC(C)COC(=O)C=CC(=O)O.[Na]. The van der Waals surface area contributed by atoms with Gasteiger partial charge in [0.05, 0.1) is 6.61 Å². The molecular formula is C8H12NaO4. The molecule has 0 saturated carbocycles. The average Bonchev–Trinajstić information content (AvgIpc) is 1.96. The molecule has 69 valence electrons. The van der Waals surface area contributed by atoms with Gasteiger partial charge in [-0.3, -0.25) is 0 Å². The van der Waals surface area contributed by atoms with Crippen LogP contribution in [0.1, 0.15) is 13.8 Å². The Morgan fingerprint density at radius 1 is 1.38 bits per heavy atom. The third-order valence-corrected chi connectivity index (χ3v) is 0.921. The van der Waals surface area contributed by atoms with Gasteiger partial charge in [0, 0.05) is 41.7 Å². The van der Waals surface area contributed by atoms with E-state index >= 15 is 0 Å². The van der Waals surface area contributed by atoms with Crippen LogP contribution < -0.4 is 0 Å². The van der Waals surface area contributed by atoms with Gasteiger partial charge in [-0.05, 0) is 5.92 Å². The molecule has 0 aliphatic rings. The van der Waals surface area contributed by atoms with E-state index in [0.29, 0.717) is 6.61 Å². The first-order valence-corrected chi connectivity index (χ1v) is 3.60. The van der Waals surface area contributed by atoms with Crippen molar-refractivity contribution < 1.29 is 19.4 Å². The van der Waals surface area contributed by atoms with Gasteiger partial charge in [0.25, 0.3) is 0 Å². The molecule has 4 nitrogen and oxygen atoms in total. The molecule has 1 N–H and O–H groups in total. The van der Waals surface area contributed by atoms with Crippen molar-refractivity contribution in [1.82, 2.24) is 0 Å². The predicted molar refractivity (Wildman–Crippen MR) is 48.3 cm³/mol. The van der Waals surface area contributed by atoms with E-state index in [1.807, 2.05) is 13.8 Å². The van der Waals surface area contributed by atoms with Crippen molar-refractivity contribution in [3.63, 3.8) is 0 Å². The van der Waals surface area contributed by atoms with Crippen LogP contribution in [0.2, 0.25) is 0 Å². The Balaban J connectivity index is 0. The van der Waals surface area contributed by atoms with Crippen molar-refractivity contribution in [3.05, 3.63) is 12.2 Å². The number of esters is 1. The van der Waals surface area contributed by atoms with Crippen LogP contribution in [0.25, 0.3) is 0 Å². The number of carboxylic acids is 1. The number of carbonyl (C=O) groups excluding carboxylic acids is 1. The first-order chi connectivity index (χ1) is 5.52. The topological polar surface area (TPSA) is 63.6 Å². The Kier molecular flexibility index (Phi) is 9.67. The molecule has 0 heterocycles. The van der Waals surface area contributed by atoms with Crippen molar-refractivity contribution in [1.29, 1.82) is 0 Å². The second-order valence-corrected chi connectivity index (χ2v) is 2.70. The summed E-state index contributed by atoms with van der Waals surface area (Å²) in [6.07, 6.45) is 1.65. The Hall–Kier alpha value is -0.320. The molecule has 0 aromatic rings. The fourth-order valence-corrected chi connectivity index (χ4v) is 0.436. The molecule has 0 unspecified atom stereocenters. The molecule has 1 radical (unpaired) electrons. The zero-order valence-electron chi connectivity index (χ0n) is 8.11. The van der Waals surface area contributed by atoms with E-state index in [2.05, 4.69) is 4.74 Å². The zero-order valence-corrected chi connectivity index (χ0v) is 10.1. The molecule has 0 saturated heterocycles. The third kappa shape index (κ3) is 11.7. The first kappa shape index (κ1) is 15.2. The number of ether oxygens (including phenoxy) is 1. The summed E-state index contributed by atoms with van der Waals surface area (Å²) in [5, 5.41) is 8.15. The van der Waals surface area contributed by atoms with Gasteiger partial charge in [-0.15, -0.1) is 0 Å². The molecule has 5 heteroatoms. The maximum Gasteiger partial charge on any atom is 0.331 e. The van der Waals surface area contributed by atoms with E-state index < -0.39 is 11.9 Å². The number of rotatable bonds is 4. The molecule has 0 aliphatic heterocycles. The Labute approximate surface area is 99.2 Å². The number of carbonyl (C=O) groups is 2. The minimum Gasteiger partial charge on any atom is -0.478 e. The van der Waals surface area contributed by atoms with E-state index in [4.69, 9.17) is 5.11 Å². The van der Waals surface area contributed by atoms with Gasteiger partial charge in [-0.1, -0.05) is 13.8 Å². The first-order valence-electron chi connectivity index (χ1n) is 3.60. The van der Waals surface area contributed by atoms with Crippen LogP contribution >= 0.6 is 0 Å². The van der Waals surface area contributed by atoms with Gasteiger partial charge in [0.2, 0.25) is 0 Å². The average molecular weight is 195 g/mol. The summed E-state index contributed by atoms with van der Waals surface area (Å²) < 4.78 is 4.66. The minimum atomic E-state index is -1.16. The van der Waals surface area contributed by atoms with E-state index in [9.17, 15) is 9.59 Å². The van der Waals surface area contributed by atoms with Gasteiger partial charge in [0.15, 0.2) is 0 Å². The van der Waals surface area contributed by atoms with Crippen LogP contribution in [0.5, 0.6) is 0 Å². The van der Waals surface area contributed by atoms with Crippen molar-refractivity contribution in [3.8, 4) is 0 Å².